The number of hydrogen-bond donors (Lipinski definition) is 1. The van der Waals surface area contributed by atoms with Crippen LogP contribution in [0.4, 0.5) is 0 Å². The van der Waals surface area contributed by atoms with Crippen LogP contribution in [-0.4, -0.2) is 13.0 Å². The van der Waals surface area contributed by atoms with E-state index in [9.17, 15) is 13.0 Å². The highest BCUT2D eigenvalue weighted by Gasteiger charge is 2.32. The van der Waals surface area contributed by atoms with Gasteiger partial charge in [0.2, 0.25) is 0 Å². The van der Waals surface area contributed by atoms with Crippen LogP contribution in [0.5, 0.6) is 0 Å². The summed E-state index contributed by atoms with van der Waals surface area (Å²) in [5, 5.41) is 1.21. The molecule has 3 nitrogen and oxygen atoms in total. The Balaban J connectivity index is 2.38. The van der Waals surface area contributed by atoms with Crippen LogP contribution < -0.4 is 0 Å². The van der Waals surface area contributed by atoms with Crippen molar-refractivity contribution in [2.75, 3.05) is 0 Å². The van der Waals surface area contributed by atoms with Gasteiger partial charge in [-0.3, -0.25) is 4.55 Å². The summed E-state index contributed by atoms with van der Waals surface area (Å²) >= 11 is 0. The lowest BCUT2D eigenvalue weighted by atomic mass is 10.1. The van der Waals surface area contributed by atoms with Gasteiger partial charge in [-0.2, -0.15) is 8.42 Å². The van der Waals surface area contributed by atoms with Gasteiger partial charge in [0.05, 0.1) is 0 Å². The molecule has 0 aromatic heterocycles. The lowest BCUT2D eigenvalue weighted by Gasteiger charge is -2.06. The highest BCUT2D eigenvalue weighted by Crippen LogP contribution is 2.40. The van der Waals surface area contributed by atoms with Gasteiger partial charge < -0.3 is 0 Å². The smallest absolute Gasteiger partial charge is 0.272 e. The molecule has 0 radical (unpaired) electrons. The molecule has 0 fully saturated rings. The first-order chi connectivity index (χ1) is 7.57. The zero-order chi connectivity index (χ0) is 11.3. The molecule has 2 aromatic carbocycles. The molecule has 0 amide bonds. The molecule has 1 N–H and O–H groups in total. The van der Waals surface area contributed by atoms with Gasteiger partial charge in [-0.05, 0) is 28.3 Å². The Labute approximate surface area is 93.5 Å². The number of hydrogen-bond acceptors (Lipinski definition) is 2. The minimum absolute atomic E-state index is 0.371. The molecule has 0 saturated carbocycles. The molecule has 1 atom stereocenters. The molecule has 0 aliphatic heterocycles. The molecule has 82 valence electrons. The summed E-state index contributed by atoms with van der Waals surface area (Å²) in [5.74, 6) is 0. The summed E-state index contributed by atoms with van der Waals surface area (Å²) in [6.45, 7) is 0. The second kappa shape index (κ2) is 3.06. The highest BCUT2D eigenvalue weighted by molar-refractivity contribution is 7.86. The van der Waals surface area contributed by atoms with Crippen LogP contribution in [0.25, 0.3) is 10.8 Å². The van der Waals surface area contributed by atoms with Crippen LogP contribution in [0.2, 0.25) is 0 Å². The van der Waals surface area contributed by atoms with E-state index < -0.39 is 15.4 Å². The van der Waals surface area contributed by atoms with Crippen molar-refractivity contribution in [3.05, 3.63) is 47.5 Å². The summed E-state index contributed by atoms with van der Waals surface area (Å²) in [6.07, 6.45) is 0.371. The van der Waals surface area contributed by atoms with Gasteiger partial charge in [0, 0.05) is 0 Å². The van der Waals surface area contributed by atoms with E-state index in [0.29, 0.717) is 6.42 Å². The third kappa shape index (κ3) is 1.27. The first kappa shape index (κ1) is 9.81. The summed E-state index contributed by atoms with van der Waals surface area (Å²) < 4.78 is 31.8. The van der Waals surface area contributed by atoms with Gasteiger partial charge in [0.15, 0.2) is 0 Å². The third-order valence-corrected chi connectivity index (χ3v) is 4.27. The predicted octanol–water partition coefficient (Wildman–Crippen LogP) is 2.32. The molecule has 1 aliphatic carbocycles. The molecular formula is C12H10O3S. The van der Waals surface area contributed by atoms with Crippen molar-refractivity contribution in [3.8, 4) is 0 Å². The van der Waals surface area contributed by atoms with Crippen molar-refractivity contribution >= 4 is 20.9 Å². The molecule has 4 heteroatoms. The molecule has 3 rings (SSSR count). The largest absolute Gasteiger partial charge is 0.285 e. The van der Waals surface area contributed by atoms with E-state index in [1.165, 1.54) is 0 Å². The van der Waals surface area contributed by atoms with Crippen molar-refractivity contribution in [2.45, 2.75) is 11.7 Å². The van der Waals surface area contributed by atoms with Crippen LogP contribution in [-0.2, 0) is 16.5 Å². The molecule has 1 aliphatic rings. The maximum Gasteiger partial charge on any atom is 0.272 e. The second-order valence-electron chi connectivity index (χ2n) is 4.07. The summed E-state index contributed by atoms with van der Waals surface area (Å²) in [5.41, 5.74) is 1.71. The van der Waals surface area contributed by atoms with E-state index in [4.69, 9.17) is 0 Å². The topological polar surface area (TPSA) is 54.4 Å². The molecule has 1 unspecified atom stereocenters. The maximum absolute atomic E-state index is 11.3. The molecule has 0 heterocycles. The maximum atomic E-state index is 11.3. The third-order valence-electron chi connectivity index (χ3n) is 3.13. The highest BCUT2D eigenvalue weighted by atomic mass is 32.2. The van der Waals surface area contributed by atoms with E-state index >= 15 is 0 Å². The molecular weight excluding hydrogens is 224 g/mol. The first-order valence-corrected chi connectivity index (χ1v) is 6.54. The fraction of sp³-hybridized carbons (Fsp3) is 0.167. The molecule has 0 bridgehead atoms. The van der Waals surface area contributed by atoms with Gasteiger partial charge in [-0.15, -0.1) is 0 Å². The predicted molar refractivity (Wildman–Crippen MR) is 61.9 cm³/mol. The number of benzene rings is 2. The zero-order valence-electron chi connectivity index (χ0n) is 8.42. The molecule has 2 aromatic rings. The van der Waals surface area contributed by atoms with Crippen molar-refractivity contribution < 1.29 is 13.0 Å². The second-order valence-corrected chi connectivity index (χ2v) is 5.67. The minimum atomic E-state index is -4.02. The SMILES string of the molecule is O=S(=O)(O)C1Cc2cccc3cccc1c23. The monoisotopic (exact) mass is 234 g/mol. The Morgan fingerprint density at radius 2 is 1.81 bits per heavy atom. The summed E-state index contributed by atoms with van der Waals surface area (Å²) in [6, 6.07) is 11.3. The Kier molecular flexibility index (Phi) is 1.87. The average molecular weight is 234 g/mol. The lowest BCUT2D eigenvalue weighted by molar-refractivity contribution is 0.469. The minimum Gasteiger partial charge on any atom is -0.285 e. The average Bonchev–Trinajstić information content (AvgIpc) is 2.60. The number of rotatable bonds is 1. The van der Waals surface area contributed by atoms with Crippen molar-refractivity contribution in [2.24, 2.45) is 0 Å². The zero-order valence-corrected chi connectivity index (χ0v) is 9.24. The van der Waals surface area contributed by atoms with Crippen LogP contribution in [0.15, 0.2) is 36.4 Å². The van der Waals surface area contributed by atoms with Gasteiger partial charge in [-0.25, -0.2) is 0 Å². The van der Waals surface area contributed by atoms with E-state index in [-0.39, 0.29) is 0 Å². The van der Waals surface area contributed by atoms with E-state index in [1.807, 2.05) is 30.3 Å². The van der Waals surface area contributed by atoms with E-state index in [2.05, 4.69) is 0 Å². The van der Waals surface area contributed by atoms with Gasteiger partial charge >= 0.3 is 0 Å². The Morgan fingerprint density at radius 1 is 1.12 bits per heavy atom. The van der Waals surface area contributed by atoms with Gasteiger partial charge in [0.1, 0.15) is 5.25 Å². The molecule has 0 saturated heterocycles. The first-order valence-electron chi connectivity index (χ1n) is 5.04. The fourth-order valence-corrected chi connectivity index (χ4v) is 3.37. The standard InChI is InChI=1S/C12H10O3S/c13-16(14,15)11-7-9-5-1-3-8-4-2-6-10(11)12(8)9/h1-6,11H,7H2,(H,13,14,15). The Hall–Kier alpha value is -1.39. The fourth-order valence-electron chi connectivity index (χ4n) is 2.46. The Bertz CT molecular complexity index is 668. The Morgan fingerprint density at radius 3 is 2.50 bits per heavy atom. The molecule has 16 heavy (non-hydrogen) atoms. The van der Waals surface area contributed by atoms with Crippen molar-refractivity contribution in [3.63, 3.8) is 0 Å². The molecule has 0 spiro atoms. The van der Waals surface area contributed by atoms with Crippen molar-refractivity contribution in [1.29, 1.82) is 0 Å². The van der Waals surface area contributed by atoms with Crippen LogP contribution in [0, 0.1) is 0 Å². The lowest BCUT2D eigenvalue weighted by Crippen LogP contribution is -2.10. The van der Waals surface area contributed by atoms with E-state index in [0.717, 1.165) is 21.9 Å². The van der Waals surface area contributed by atoms with Crippen LogP contribution in [0.1, 0.15) is 16.4 Å². The van der Waals surface area contributed by atoms with Crippen molar-refractivity contribution in [1.82, 2.24) is 0 Å². The quantitative estimate of drug-likeness (QED) is 0.770. The van der Waals surface area contributed by atoms with E-state index in [1.54, 1.807) is 6.07 Å². The van der Waals surface area contributed by atoms with Crippen LogP contribution >= 0.6 is 0 Å². The summed E-state index contributed by atoms with van der Waals surface area (Å²) in [7, 11) is -4.02. The normalized spacial score (nSPS) is 19.2. The van der Waals surface area contributed by atoms with Crippen LogP contribution in [0.3, 0.4) is 0 Å². The summed E-state index contributed by atoms with van der Waals surface area (Å²) in [4.78, 5) is 0. The van der Waals surface area contributed by atoms with Gasteiger partial charge in [0.25, 0.3) is 10.1 Å². The van der Waals surface area contributed by atoms with Gasteiger partial charge in [-0.1, -0.05) is 36.4 Å².